The third-order valence-corrected chi connectivity index (χ3v) is 6.84. The topological polar surface area (TPSA) is 74.0 Å². The van der Waals surface area contributed by atoms with Gasteiger partial charge in [-0.3, -0.25) is 4.90 Å². The predicted molar refractivity (Wildman–Crippen MR) is 101 cm³/mol. The third kappa shape index (κ3) is 4.17. The number of aliphatic hydroxyl groups is 1. The molecule has 0 unspecified atom stereocenters. The first-order chi connectivity index (χ1) is 12.3. The van der Waals surface area contributed by atoms with Crippen LogP contribution in [0.3, 0.4) is 0 Å². The van der Waals surface area contributed by atoms with Crippen molar-refractivity contribution in [3.05, 3.63) is 47.7 Å². The van der Waals surface area contributed by atoms with Crippen LogP contribution in [-0.2, 0) is 16.6 Å². The molecule has 7 heteroatoms. The van der Waals surface area contributed by atoms with E-state index in [1.165, 1.54) is 18.4 Å². The van der Waals surface area contributed by atoms with Crippen LogP contribution in [0.5, 0.6) is 0 Å². The van der Waals surface area contributed by atoms with Crippen molar-refractivity contribution >= 4 is 10.0 Å². The van der Waals surface area contributed by atoms with Crippen molar-refractivity contribution in [2.45, 2.75) is 19.6 Å². The number of sulfonamides is 1. The van der Waals surface area contributed by atoms with Gasteiger partial charge in [0.1, 0.15) is 11.5 Å². The van der Waals surface area contributed by atoms with E-state index in [2.05, 4.69) is 4.90 Å². The van der Waals surface area contributed by atoms with E-state index in [1.807, 2.05) is 43.3 Å². The van der Waals surface area contributed by atoms with Crippen LogP contribution in [0.2, 0.25) is 0 Å². The van der Waals surface area contributed by atoms with Crippen molar-refractivity contribution in [2.75, 3.05) is 32.9 Å². The molecule has 1 aromatic heterocycles. The summed E-state index contributed by atoms with van der Waals surface area (Å²) in [6, 6.07) is 11.9. The number of likely N-dealkylation sites (tertiary alicyclic amines) is 1. The van der Waals surface area contributed by atoms with Crippen LogP contribution in [0.4, 0.5) is 0 Å². The van der Waals surface area contributed by atoms with Gasteiger partial charge in [0, 0.05) is 45.2 Å². The molecule has 1 saturated heterocycles. The number of furan rings is 1. The molecular formula is C19H26N2O4S. The van der Waals surface area contributed by atoms with E-state index in [0.29, 0.717) is 19.6 Å². The highest BCUT2D eigenvalue weighted by atomic mass is 32.2. The lowest BCUT2D eigenvalue weighted by Crippen LogP contribution is -2.33. The minimum absolute atomic E-state index is 0.0311. The summed E-state index contributed by atoms with van der Waals surface area (Å²) in [6.07, 6.45) is -0.636. The van der Waals surface area contributed by atoms with Gasteiger partial charge in [0.25, 0.3) is 0 Å². The molecule has 2 aromatic rings. The van der Waals surface area contributed by atoms with Gasteiger partial charge in [-0.25, -0.2) is 12.7 Å². The van der Waals surface area contributed by atoms with Crippen molar-refractivity contribution in [2.24, 2.45) is 5.92 Å². The highest BCUT2D eigenvalue weighted by Crippen LogP contribution is 2.28. The third-order valence-electron chi connectivity index (χ3n) is 4.88. The maximum atomic E-state index is 12.1. The molecule has 1 aromatic carbocycles. The average Bonchev–Trinajstić information content (AvgIpc) is 3.14. The van der Waals surface area contributed by atoms with Gasteiger partial charge in [0.2, 0.25) is 10.0 Å². The zero-order chi connectivity index (χ0) is 18.9. The number of hydrogen-bond donors (Lipinski definition) is 1. The first-order valence-corrected chi connectivity index (χ1v) is 10.3. The summed E-state index contributed by atoms with van der Waals surface area (Å²) in [5, 5.41) is 10.3. The molecule has 2 atom stereocenters. The second-order valence-corrected chi connectivity index (χ2v) is 9.38. The van der Waals surface area contributed by atoms with Crippen molar-refractivity contribution in [3.8, 4) is 11.3 Å². The van der Waals surface area contributed by atoms with Crippen LogP contribution in [0.15, 0.2) is 40.8 Å². The molecule has 0 bridgehead atoms. The van der Waals surface area contributed by atoms with E-state index < -0.39 is 16.1 Å². The van der Waals surface area contributed by atoms with Crippen LogP contribution in [-0.4, -0.2) is 61.8 Å². The summed E-state index contributed by atoms with van der Waals surface area (Å²) < 4.78 is 31.2. The predicted octanol–water partition coefficient (Wildman–Crippen LogP) is 1.94. The molecule has 0 saturated carbocycles. The van der Waals surface area contributed by atoms with Gasteiger partial charge in [-0.05, 0) is 24.6 Å². The van der Waals surface area contributed by atoms with Crippen LogP contribution < -0.4 is 0 Å². The first-order valence-electron chi connectivity index (χ1n) is 8.71. The SMILES string of the molecule is Cc1ccc(-c2ccccc2CN2C[C@@H](CS(=O)(=O)N(C)C)[C@H](O)C2)o1. The minimum Gasteiger partial charge on any atom is -0.461 e. The van der Waals surface area contributed by atoms with Gasteiger partial charge in [-0.2, -0.15) is 0 Å². The molecule has 1 fully saturated rings. The molecule has 26 heavy (non-hydrogen) atoms. The van der Waals surface area contributed by atoms with E-state index in [4.69, 9.17) is 4.42 Å². The lowest BCUT2D eigenvalue weighted by molar-refractivity contribution is 0.148. The standard InChI is InChI=1S/C19H26N2O4S/c1-14-8-9-19(25-14)17-7-5-4-6-15(17)10-21-11-16(18(22)12-21)13-26(23,24)20(2)3/h4-9,16,18,22H,10-13H2,1-3H3/t16-,18+/m0/s1. The summed E-state index contributed by atoms with van der Waals surface area (Å²) in [4.78, 5) is 2.11. The van der Waals surface area contributed by atoms with Crippen LogP contribution in [0.25, 0.3) is 11.3 Å². The molecule has 3 rings (SSSR count). The Balaban J connectivity index is 1.73. The molecule has 1 aliphatic heterocycles. The van der Waals surface area contributed by atoms with E-state index >= 15 is 0 Å². The monoisotopic (exact) mass is 378 g/mol. The molecule has 2 heterocycles. The molecule has 1 aliphatic rings. The number of aliphatic hydroxyl groups excluding tert-OH is 1. The number of rotatable bonds is 6. The van der Waals surface area contributed by atoms with Crippen LogP contribution in [0.1, 0.15) is 11.3 Å². The quantitative estimate of drug-likeness (QED) is 0.832. The fourth-order valence-corrected chi connectivity index (χ4v) is 4.54. The Morgan fingerprint density at radius 2 is 1.92 bits per heavy atom. The van der Waals surface area contributed by atoms with Gasteiger partial charge >= 0.3 is 0 Å². The summed E-state index contributed by atoms with van der Waals surface area (Å²) >= 11 is 0. The van der Waals surface area contributed by atoms with Gasteiger partial charge < -0.3 is 9.52 Å². The molecule has 142 valence electrons. The summed E-state index contributed by atoms with van der Waals surface area (Å²) in [5.41, 5.74) is 2.13. The lowest BCUT2D eigenvalue weighted by Gasteiger charge is -2.18. The van der Waals surface area contributed by atoms with Crippen molar-refractivity contribution in [3.63, 3.8) is 0 Å². The number of benzene rings is 1. The van der Waals surface area contributed by atoms with E-state index in [1.54, 1.807) is 0 Å². The number of aryl methyl sites for hydroxylation is 1. The molecule has 0 spiro atoms. The second-order valence-electron chi connectivity index (χ2n) is 7.15. The Kier molecular flexibility index (Phi) is 5.53. The maximum absolute atomic E-state index is 12.1. The van der Waals surface area contributed by atoms with Crippen molar-refractivity contribution in [1.82, 2.24) is 9.21 Å². The van der Waals surface area contributed by atoms with Crippen molar-refractivity contribution in [1.29, 1.82) is 0 Å². The van der Waals surface area contributed by atoms with Gasteiger partial charge in [-0.1, -0.05) is 24.3 Å². The van der Waals surface area contributed by atoms with Crippen LogP contribution >= 0.6 is 0 Å². The number of β-amino-alcohol motifs (C(OH)–C–C–N with tert-alkyl or cyclic N) is 1. The first kappa shape index (κ1) is 19.1. The Morgan fingerprint density at radius 3 is 2.58 bits per heavy atom. The zero-order valence-corrected chi connectivity index (χ0v) is 16.2. The fraction of sp³-hybridized carbons (Fsp3) is 0.474. The molecule has 0 radical (unpaired) electrons. The smallest absolute Gasteiger partial charge is 0.214 e. The van der Waals surface area contributed by atoms with Crippen molar-refractivity contribution < 1.29 is 17.9 Å². The van der Waals surface area contributed by atoms with Gasteiger partial charge in [0.05, 0.1) is 11.9 Å². The highest BCUT2D eigenvalue weighted by molar-refractivity contribution is 7.89. The Bertz CT molecular complexity index is 860. The Labute approximate surface area is 155 Å². The normalized spacial score (nSPS) is 21.6. The summed E-state index contributed by atoms with van der Waals surface area (Å²) in [5.74, 6) is 1.38. The number of nitrogens with zero attached hydrogens (tertiary/aromatic N) is 2. The maximum Gasteiger partial charge on any atom is 0.214 e. The van der Waals surface area contributed by atoms with E-state index in [0.717, 1.165) is 22.6 Å². The molecule has 6 nitrogen and oxygen atoms in total. The second kappa shape index (κ2) is 7.52. The molecule has 0 amide bonds. The van der Waals surface area contributed by atoms with Gasteiger partial charge in [-0.15, -0.1) is 0 Å². The summed E-state index contributed by atoms with van der Waals surface area (Å²) in [7, 11) is -0.280. The number of hydrogen-bond acceptors (Lipinski definition) is 5. The molecule has 0 aliphatic carbocycles. The minimum atomic E-state index is -3.33. The van der Waals surface area contributed by atoms with E-state index in [-0.39, 0.29) is 11.7 Å². The Hall–Kier alpha value is -1.67. The zero-order valence-electron chi connectivity index (χ0n) is 15.4. The van der Waals surface area contributed by atoms with Crippen LogP contribution in [0, 0.1) is 12.8 Å². The molecular weight excluding hydrogens is 352 g/mol. The van der Waals surface area contributed by atoms with E-state index in [9.17, 15) is 13.5 Å². The largest absolute Gasteiger partial charge is 0.461 e. The fourth-order valence-electron chi connectivity index (χ4n) is 3.37. The summed E-state index contributed by atoms with van der Waals surface area (Å²) in [6.45, 7) is 3.59. The highest BCUT2D eigenvalue weighted by Gasteiger charge is 2.35. The lowest BCUT2D eigenvalue weighted by atomic mass is 10.0. The average molecular weight is 378 g/mol. The molecule has 1 N–H and O–H groups in total. The van der Waals surface area contributed by atoms with Gasteiger partial charge in [0.15, 0.2) is 0 Å². The Morgan fingerprint density at radius 1 is 1.19 bits per heavy atom.